The molecular formula is C12H22N2O3S. The molecule has 0 spiro atoms. The van der Waals surface area contributed by atoms with Gasteiger partial charge in [-0.1, -0.05) is 19.3 Å². The summed E-state index contributed by atoms with van der Waals surface area (Å²) in [6.45, 7) is 1.44. The van der Waals surface area contributed by atoms with Crippen LogP contribution in [0.1, 0.15) is 32.1 Å². The van der Waals surface area contributed by atoms with E-state index in [1.54, 1.807) is 0 Å². The predicted octanol–water partition coefficient (Wildman–Crippen LogP) is 0.574. The molecule has 0 atom stereocenters. The van der Waals surface area contributed by atoms with Crippen molar-refractivity contribution in [3.8, 4) is 0 Å². The molecule has 1 saturated heterocycles. The average molecular weight is 274 g/mol. The van der Waals surface area contributed by atoms with Crippen LogP contribution in [0.15, 0.2) is 0 Å². The largest absolute Gasteiger partial charge is 0.356 e. The second-order valence-corrected chi connectivity index (χ2v) is 7.51. The third-order valence-electron chi connectivity index (χ3n) is 3.98. The Morgan fingerprint density at radius 1 is 1.22 bits per heavy atom. The van der Waals surface area contributed by atoms with Gasteiger partial charge in [-0.3, -0.25) is 4.79 Å². The van der Waals surface area contributed by atoms with E-state index in [4.69, 9.17) is 0 Å². The molecule has 1 saturated carbocycles. The zero-order valence-electron chi connectivity index (χ0n) is 10.9. The van der Waals surface area contributed by atoms with Gasteiger partial charge in [-0.2, -0.15) is 0 Å². The predicted molar refractivity (Wildman–Crippen MR) is 69.5 cm³/mol. The van der Waals surface area contributed by atoms with Crippen LogP contribution >= 0.6 is 0 Å². The van der Waals surface area contributed by atoms with Gasteiger partial charge in [-0.05, 0) is 18.8 Å². The summed E-state index contributed by atoms with van der Waals surface area (Å²) in [6, 6.07) is 0. The van der Waals surface area contributed by atoms with Crippen LogP contribution in [0.2, 0.25) is 0 Å². The minimum Gasteiger partial charge on any atom is -0.356 e. The third-order valence-corrected chi connectivity index (χ3v) is 5.21. The van der Waals surface area contributed by atoms with E-state index in [1.807, 2.05) is 0 Å². The first-order chi connectivity index (χ1) is 8.47. The zero-order chi connectivity index (χ0) is 13.2. The van der Waals surface area contributed by atoms with Gasteiger partial charge in [0, 0.05) is 19.6 Å². The van der Waals surface area contributed by atoms with Crippen LogP contribution in [0, 0.1) is 11.8 Å². The van der Waals surface area contributed by atoms with Gasteiger partial charge >= 0.3 is 0 Å². The van der Waals surface area contributed by atoms with Crippen molar-refractivity contribution in [2.24, 2.45) is 11.8 Å². The number of rotatable bonds is 4. The van der Waals surface area contributed by atoms with Crippen molar-refractivity contribution in [1.29, 1.82) is 0 Å². The first-order valence-corrected chi connectivity index (χ1v) is 8.54. The fourth-order valence-corrected chi connectivity index (χ4v) is 3.56. The molecule has 0 aromatic heterocycles. The fourth-order valence-electron chi connectivity index (χ4n) is 2.66. The van der Waals surface area contributed by atoms with E-state index in [9.17, 15) is 13.2 Å². The van der Waals surface area contributed by atoms with Crippen LogP contribution in [0.3, 0.4) is 0 Å². The van der Waals surface area contributed by atoms with Gasteiger partial charge in [-0.15, -0.1) is 0 Å². The van der Waals surface area contributed by atoms with Crippen molar-refractivity contribution in [1.82, 2.24) is 9.62 Å². The van der Waals surface area contributed by atoms with Gasteiger partial charge in [0.05, 0.1) is 12.2 Å². The van der Waals surface area contributed by atoms with Crippen LogP contribution < -0.4 is 5.32 Å². The molecule has 1 N–H and O–H groups in total. The second kappa shape index (κ2) is 5.57. The molecule has 1 aliphatic carbocycles. The monoisotopic (exact) mass is 274 g/mol. The SMILES string of the molecule is CS(=O)(=O)N1CC(C(=O)NCC2CCCCC2)C1. The zero-order valence-corrected chi connectivity index (χ0v) is 11.7. The van der Waals surface area contributed by atoms with Crippen molar-refractivity contribution < 1.29 is 13.2 Å². The van der Waals surface area contributed by atoms with Crippen molar-refractivity contribution >= 4 is 15.9 Å². The highest BCUT2D eigenvalue weighted by molar-refractivity contribution is 7.88. The van der Waals surface area contributed by atoms with Crippen molar-refractivity contribution in [3.05, 3.63) is 0 Å². The van der Waals surface area contributed by atoms with Crippen molar-refractivity contribution in [2.45, 2.75) is 32.1 Å². The molecule has 2 fully saturated rings. The smallest absolute Gasteiger partial charge is 0.225 e. The number of hydrogen-bond donors (Lipinski definition) is 1. The molecule has 2 aliphatic rings. The van der Waals surface area contributed by atoms with E-state index in [0.717, 1.165) is 6.54 Å². The molecule has 18 heavy (non-hydrogen) atoms. The summed E-state index contributed by atoms with van der Waals surface area (Å²) in [5.41, 5.74) is 0. The van der Waals surface area contributed by atoms with E-state index in [-0.39, 0.29) is 11.8 Å². The molecule has 2 rings (SSSR count). The van der Waals surface area contributed by atoms with Gasteiger partial charge in [0.25, 0.3) is 0 Å². The molecule has 104 valence electrons. The lowest BCUT2D eigenvalue weighted by Crippen LogP contribution is -2.55. The summed E-state index contributed by atoms with van der Waals surface area (Å²) in [7, 11) is -3.11. The van der Waals surface area contributed by atoms with Gasteiger partial charge in [0.1, 0.15) is 0 Å². The molecule has 0 aromatic rings. The lowest BCUT2D eigenvalue weighted by atomic mass is 9.89. The first-order valence-electron chi connectivity index (χ1n) is 6.69. The maximum atomic E-state index is 11.8. The quantitative estimate of drug-likeness (QED) is 0.815. The maximum absolute atomic E-state index is 11.8. The van der Waals surface area contributed by atoms with Gasteiger partial charge < -0.3 is 5.32 Å². The Morgan fingerprint density at radius 2 is 1.83 bits per heavy atom. The number of hydrogen-bond acceptors (Lipinski definition) is 3. The number of carbonyl (C=O) groups is 1. The first kappa shape index (κ1) is 13.8. The topological polar surface area (TPSA) is 66.5 Å². The Balaban J connectivity index is 1.67. The molecule has 0 radical (unpaired) electrons. The Kier molecular flexibility index (Phi) is 4.27. The van der Waals surface area contributed by atoms with E-state index >= 15 is 0 Å². The Hall–Kier alpha value is -0.620. The Bertz CT molecular complexity index is 396. The highest BCUT2D eigenvalue weighted by Crippen LogP contribution is 2.23. The summed E-state index contributed by atoms with van der Waals surface area (Å²) in [5.74, 6) is 0.484. The fraction of sp³-hybridized carbons (Fsp3) is 0.917. The van der Waals surface area contributed by atoms with Gasteiger partial charge in [0.15, 0.2) is 0 Å². The molecule has 1 amide bonds. The number of nitrogens with zero attached hydrogens (tertiary/aromatic N) is 1. The lowest BCUT2D eigenvalue weighted by Gasteiger charge is -2.36. The van der Waals surface area contributed by atoms with Crippen LogP contribution in [0.4, 0.5) is 0 Å². The summed E-state index contributed by atoms with van der Waals surface area (Å²) >= 11 is 0. The third kappa shape index (κ3) is 3.45. The average Bonchev–Trinajstić information content (AvgIpc) is 2.24. The highest BCUT2D eigenvalue weighted by atomic mass is 32.2. The summed E-state index contributed by atoms with van der Waals surface area (Å²) < 4.78 is 23.7. The molecular weight excluding hydrogens is 252 g/mol. The van der Waals surface area contributed by atoms with Gasteiger partial charge in [0.2, 0.25) is 15.9 Å². The minimum atomic E-state index is -3.11. The van der Waals surface area contributed by atoms with Crippen LogP contribution in [-0.4, -0.2) is 44.5 Å². The molecule has 0 unspecified atom stereocenters. The van der Waals surface area contributed by atoms with E-state index < -0.39 is 10.0 Å². The number of carbonyl (C=O) groups excluding carboxylic acids is 1. The van der Waals surface area contributed by atoms with Crippen molar-refractivity contribution in [3.63, 3.8) is 0 Å². The Morgan fingerprint density at radius 3 is 2.39 bits per heavy atom. The molecule has 5 nitrogen and oxygen atoms in total. The number of nitrogens with one attached hydrogen (secondary N) is 1. The molecule has 0 bridgehead atoms. The number of amides is 1. The molecule has 1 aliphatic heterocycles. The summed E-state index contributed by atoms with van der Waals surface area (Å²) in [6.07, 6.45) is 7.46. The Labute approximate surface area is 109 Å². The summed E-state index contributed by atoms with van der Waals surface area (Å²) in [5, 5.41) is 2.97. The van der Waals surface area contributed by atoms with E-state index in [2.05, 4.69) is 5.32 Å². The molecule has 0 aromatic carbocycles. The van der Waals surface area contributed by atoms with Crippen LogP contribution in [-0.2, 0) is 14.8 Å². The molecule has 6 heteroatoms. The van der Waals surface area contributed by atoms with Gasteiger partial charge in [-0.25, -0.2) is 12.7 Å². The van der Waals surface area contributed by atoms with Crippen LogP contribution in [0.5, 0.6) is 0 Å². The van der Waals surface area contributed by atoms with Crippen molar-refractivity contribution in [2.75, 3.05) is 25.9 Å². The van der Waals surface area contributed by atoms with E-state index in [0.29, 0.717) is 19.0 Å². The second-order valence-electron chi connectivity index (χ2n) is 5.53. The lowest BCUT2D eigenvalue weighted by molar-refractivity contribution is -0.128. The molecule has 1 heterocycles. The standard InChI is InChI=1S/C12H22N2O3S/c1-18(16,17)14-8-11(9-14)12(15)13-7-10-5-3-2-4-6-10/h10-11H,2-9H2,1H3,(H,13,15). The highest BCUT2D eigenvalue weighted by Gasteiger charge is 2.37. The van der Waals surface area contributed by atoms with Crippen LogP contribution in [0.25, 0.3) is 0 Å². The number of sulfonamides is 1. The normalized spacial score (nSPS) is 23.6. The minimum absolute atomic E-state index is 0.0143. The van der Waals surface area contributed by atoms with E-state index in [1.165, 1.54) is 42.7 Å². The summed E-state index contributed by atoms with van der Waals surface area (Å²) in [4.78, 5) is 11.8. The maximum Gasteiger partial charge on any atom is 0.225 e.